The molecule has 4 N–H and O–H groups in total. The molecule has 1 unspecified atom stereocenters. The number of rotatable bonds is 6. The van der Waals surface area contributed by atoms with Crippen LogP contribution in [0.3, 0.4) is 0 Å². The van der Waals surface area contributed by atoms with Gasteiger partial charge in [-0.1, -0.05) is 19.1 Å². The van der Waals surface area contributed by atoms with Crippen LogP contribution in [0.4, 0.5) is 5.69 Å². The van der Waals surface area contributed by atoms with E-state index >= 15 is 0 Å². The molecule has 1 aromatic rings. The summed E-state index contributed by atoms with van der Waals surface area (Å²) < 4.78 is 22.8. The molecule has 0 fully saturated rings. The van der Waals surface area contributed by atoms with E-state index in [-0.39, 0.29) is 10.8 Å². The number of para-hydroxylation sites is 1. The third-order valence-electron chi connectivity index (χ3n) is 2.51. The second kappa shape index (κ2) is 6.53. The maximum absolute atomic E-state index is 11.7. The molecule has 0 radical (unpaired) electrons. The number of hydrogen-bond donors (Lipinski definition) is 3. The van der Waals surface area contributed by atoms with Crippen molar-refractivity contribution in [2.75, 3.05) is 11.9 Å². The Kier molecular flexibility index (Phi) is 5.31. The number of nitrogens with two attached hydrogens (primary N) is 1. The summed E-state index contributed by atoms with van der Waals surface area (Å²) in [7, 11) is -3.82. The Morgan fingerprint density at radius 1 is 1.37 bits per heavy atom. The lowest BCUT2D eigenvalue weighted by atomic mass is 10.2. The summed E-state index contributed by atoms with van der Waals surface area (Å²) in [6, 6.07) is 5.67. The average molecular weight is 285 g/mol. The molecule has 106 valence electrons. The molecule has 1 rings (SSSR count). The Morgan fingerprint density at radius 2 is 2.00 bits per heavy atom. The van der Waals surface area contributed by atoms with Crippen LogP contribution in [0.1, 0.15) is 20.3 Å². The number of carbonyl (C=O) groups excluding carboxylic acids is 1. The Morgan fingerprint density at radius 3 is 2.58 bits per heavy atom. The summed E-state index contributed by atoms with van der Waals surface area (Å²) in [5, 5.41) is 10.7. The van der Waals surface area contributed by atoms with Crippen LogP contribution in [-0.4, -0.2) is 26.9 Å². The summed E-state index contributed by atoms with van der Waals surface area (Å²) in [5.74, 6) is -0.189. The molecular formula is C12H19N3O3S. The van der Waals surface area contributed by atoms with Gasteiger partial charge in [0.2, 0.25) is 15.9 Å². The van der Waals surface area contributed by atoms with Crippen molar-refractivity contribution >= 4 is 21.6 Å². The topological polar surface area (TPSA) is 101 Å². The molecule has 1 atom stereocenters. The first kappa shape index (κ1) is 15.5. The number of sulfonamides is 1. The van der Waals surface area contributed by atoms with Gasteiger partial charge in [0, 0.05) is 6.54 Å². The molecule has 0 aromatic heterocycles. The number of carbonyl (C=O) groups is 1. The highest BCUT2D eigenvalue weighted by molar-refractivity contribution is 7.89. The molecule has 0 aliphatic heterocycles. The first-order chi connectivity index (χ1) is 8.86. The molecule has 1 amide bonds. The highest BCUT2D eigenvalue weighted by atomic mass is 32.2. The van der Waals surface area contributed by atoms with Gasteiger partial charge < -0.3 is 10.6 Å². The first-order valence-corrected chi connectivity index (χ1v) is 7.57. The van der Waals surface area contributed by atoms with Crippen molar-refractivity contribution in [3.8, 4) is 0 Å². The minimum absolute atomic E-state index is 0.0230. The van der Waals surface area contributed by atoms with Crippen molar-refractivity contribution in [1.29, 1.82) is 0 Å². The van der Waals surface area contributed by atoms with E-state index in [0.717, 1.165) is 6.42 Å². The summed E-state index contributed by atoms with van der Waals surface area (Å²) in [6.07, 6.45) is 0.840. The van der Waals surface area contributed by atoms with Crippen LogP contribution in [0.25, 0.3) is 0 Å². The molecule has 0 aliphatic carbocycles. The van der Waals surface area contributed by atoms with E-state index in [1.807, 2.05) is 6.92 Å². The van der Waals surface area contributed by atoms with Crippen LogP contribution in [-0.2, 0) is 14.8 Å². The molecule has 6 nitrogen and oxygen atoms in total. The van der Waals surface area contributed by atoms with Crippen LogP contribution in [0.15, 0.2) is 29.2 Å². The Bertz CT molecular complexity index is 543. The van der Waals surface area contributed by atoms with Gasteiger partial charge >= 0.3 is 0 Å². The molecule has 0 saturated heterocycles. The molecule has 0 heterocycles. The number of anilines is 1. The minimum atomic E-state index is -3.82. The van der Waals surface area contributed by atoms with Gasteiger partial charge in [0.25, 0.3) is 0 Å². The standard InChI is InChI=1S/C12H19N3O3S/c1-3-8-14-12(16)9(2)15-10-6-4-5-7-11(10)19(13,17)18/h4-7,9,15H,3,8H2,1-2H3,(H,14,16)(H2,13,17,18). The zero-order valence-electron chi connectivity index (χ0n) is 11.0. The lowest BCUT2D eigenvalue weighted by Gasteiger charge is -2.16. The van der Waals surface area contributed by atoms with E-state index in [1.165, 1.54) is 6.07 Å². The van der Waals surface area contributed by atoms with Crippen molar-refractivity contribution in [2.45, 2.75) is 31.2 Å². The van der Waals surface area contributed by atoms with Crippen LogP contribution in [0.2, 0.25) is 0 Å². The Balaban J connectivity index is 2.86. The maximum atomic E-state index is 11.7. The van der Waals surface area contributed by atoms with Crippen LogP contribution in [0, 0.1) is 0 Å². The molecule has 0 aliphatic rings. The van der Waals surface area contributed by atoms with Gasteiger partial charge in [0.05, 0.1) is 5.69 Å². The van der Waals surface area contributed by atoms with Crippen molar-refractivity contribution in [3.05, 3.63) is 24.3 Å². The average Bonchev–Trinajstić information content (AvgIpc) is 2.35. The molecule has 0 saturated carbocycles. The highest BCUT2D eigenvalue weighted by Gasteiger charge is 2.17. The van der Waals surface area contributed by atoms with Gasteiger partial charge in [-0.15, -0.1) is 0 Å². The van der Waals surface area contributed by atoms with E-state index in [9.17, 15) is 13.2 Å². The molecule has 7 heteroatoms. The predicted molar refractivity (Wildman–Crippen MR) is 74.2 cm³/mol. The number of benzene rings is 1. The van der Waals surface area contributed by atoms with Crippen LogP contribution in [0.5, 0.6) is 0 Å². The number of primary sulfonamides is 1. The van der Waals surface area contributed by atoms with Gasteiger partial charge in [-0.2, -0.15) is 0 Å². The zero-order chi connectivity index (χ0) is 14.5. The number of nitrogens with one attached hydrogen (secondary N) is 2. The summed E-state index contributed by atoms with van der Waals surface area (Å²) in [5.41, 5.74) is 0.323. The monoisotopic (exact) mass is 285 g/mol. The van der Waals surface area contributed by atoms with Gasteiger partial charge in [-0.25, -0.2) is 13.6 Å². The fourth-order valence-corrected chi connectivity index (χ4v) is 2.24. The van der Waals surface area contributed by atoms with Crippen molar-refractivity contribution in [2.24, 2.45) is 5.14 Å². The molecule has 0 spiro atoms. The number of amides is 1. The van der Waals surface area contributed by atoms with E-state index in [0.29, 0.717) is 12.2 Å². The van der Waals surface area contributed by atoms with E-state index in [1.54, 1.807) is 25.1 Å². The SMILES string of the molecule is CCCNC(=O)C(C)Nc1ccccc1S(N)(=O)=O. The highest BCUT2D eigenvalue weighted by Crippen LogP contribution is 2.19. The van der Waals surface area contributed by atoms with Crippen molar-refractivity contribution in [3.63, 3.8) is 0 Å². The molecule has 1 aromatic carbocycles. The Hall–Kier alpha value is -1.60. The fraction of sp³-hybridized carbons (Fsp3) is 0.417. The van der Waals surface area contributed by atoms with Gasteiger partial charge in [-0.3, -0.25) is 4.79 Å². The van der Waals surface area contributed by atoms with Gasteiger partial charge in [0.15, 0.2) is 0 Å². The van der Waals surface area contributed by atoms with Gasteiger partial charge in [-0.05, 0) is 25.5 Å². The summed E-state index contributed by atoms with van der Waals surface area (Å²) >= 11 is 0. The lowest BCUT2D eigenvalue weighted by molar-refractivity contribution is -0.121. The zero-order valence-corrected chi connectivity index (χ0v) is 11.8. The normalized spacial score (nSPS) is 12.8. The van der Waals surface area contributed by atoms with Crippen molar-refractivity contribution in [1.82, 2.24) is 5.32 Å². The summed E-state index contributed by atoms with van der Waals surface area (Å²) in [6.45, 7) is 4.20. The quantitative estimate of drug-likeness (QED) is 0.714. The van der Waals surface area contributed by atoms with E-state index in [4.69, 9.17) is 5.14 Å². The van der Waals surface area contributed by atoms with Crippen LogP contribution >= 0.6 is 0 Å². The Labute approximate surface area is 113 Å². The molecule has 0 bridgehead atoms. The number of hydrogen-bond acceptors (Lipinski definition) is 4. The fourth-order valence-electron chi connectivity index (χ4n) is 1.53. The lowest BCUT2D eigenvalue weighted by Crippen LogP contribution is -2.38. The van der Waals surface area contributed by atoms with Crippen LogP contribution < -0.4 is 15.8 Å². The first-order valence-electron chi connectivity index (χ1n) is 6.02. The second-order valence-corrected chi connectivity index (χ2v) is 5.73. The predicted octanol–water partition coefficient (Wildman–Crippen LogP) is 0.661. The molecule has 19 heavy (non-hydrogen) atoms. The smallest absolute Gasteiger partial charge is 0.242 e. The summed E-state index contributed by atoms with van der Waals surface area (Å²) in [4.78, 5) is 11.7. The molecular weight excluding hydrogens is 266 g/mol. The minimum Gasteiger partial charge on any atom is -0.373 e. The largest absolute Gasteiger partial charge is 0.373 e. The second-order valence-electron chi connectivity index (χ2n) is 4.20. The van der Waals surface area contributed by atoms with Crippen molar-refractivity contribution < 1.29 is 13.2 Å². The van der Waals surface area contributed by atoms with E-state index < -0.39 is 16.1 Å². The van der Waals surface area contributed by atoms with Gasteiger partial charge in [0.1, 0.15) is 10.9 Å². The maximum Gasteiger partial charge on any atom is 0.242 e. The third-order valence-corrected chi connectivity index (χ3v) is 3.48. The van der Waals surface area contributed by atoms with E-state index in [2.05, 4.69) is 10.6 Å². The third kappa shape index (κ3) is 4.53.